The highest BCUT2D eigenvalue weighted by Gasteiger charge is 2.13. The summed E-state index contributed by atoms with van der Waals surface area (Å²) in [6.45, 7) is 2.36. The number of nitrogens with one attached hydrogen (secondary N) is 1. The quantitative estimate of drug-likeness (QED) is 0.727. The van der Waals surface area contributed by atoms with Gasteiger partial charge in [-0.05, 0) is 30.7 Å². The number of carbonyl (C=O) groups excluding carboxylic acids is 1. The van der Waals surface area contributed by atoms with Gasteiger partial charge < -0.3 is 10.1 Å². The number of carbonyl (C=O) groups is 1. The predicted molar refractivity (Wildman–Crippen MR) is 97.2 cm³/mol. The van der Waals surface area contributed by atoms with Crippen LogP contribution in [0.15, 0.2) is 54.6 Å². The van der Waals surface area contributed by atoms with Crippen molar-refractivity contribution < 1.29 is 9.53 Å². The van der Waals surface area contributed by atoms with Gasteiger partial charge in [0.1, 0.15) is 5.75 Å². The van der Waals surface area contributed by atoms with E-state index in [9.17, 15) is 4.79 Å². The molecule has 2 rings (SSSR count). The fourth-order valence-corrected chi connectivity index (χ4v) is 3.09. The Morgan fingerprint density at radius 2 is 1.87 bits per heavy atom. The van der Waals surface area contributed by atoms with Gasteiger partial charge >= 0.3 is 0 Å². The Morgan fingerprint density at radius 1 is 1.17 bits per heavy atom. The zero-order chi connectivity index (χ0) is 16.5. The first-order chi connectivity index (χ1) is 11.2. The maximum absolute atomic E-state index is 12.0. The molecule has 0 radical (unpaired) electrons. The average Bonchev–Trinajstić information content (AvgIpc) is 2.57. The topological polar surface area (TPSA) is 38.3 Å². The van der Waals surface area contributed by atoms with Crippen molar-refractivity contribution >= 4 is 29.3 Å². The number of hydrogen-bond donors (Lipinski definition) is 1. The molecule has 0 spiro atoms. The van der Waals surface area contributed by atoms with E-state index in [1.807, 2.05) is 54.6 Å². The van der Waals surface area contributed by atoms with Crippen molar-refractivity contribution in [1.82, 2.24) is 5.32 Å². The second-order valence-electron chi connectivity index (χ2n) is 5.01. The molecule has 1 atom stereocenters. The van der Waals surface area contributed by atoms with Crippen LogP contribution < -0.4 is 10.1 Å². The van der Waals surface area contributed by atoms with Gasteiger partial charge in [-0.15, -0.1) is 0 Å². The van der Waals surface area contributed by atoms with Gasteiger partial charge in [-0.3, -0.25) is 4.79 Å². The lowest BCUT2D eigenvalue weighted by atomic mass is 10.2. The summed E-state index contributed by atoms with van der Waals surface area (Å²) in [7, 11) is 0. The molecule has 122 valence electrons. The van der Waals surface area contributed by atoms with Crippen LogP contribution in [0.5, 0.6) is 5.75 Å². The third kappa shape index (κ3) is 6.16. The van der Waals surface area contributed by atoms with Crippen molar-refractivity contribution in [2.75, 3.05) is 12.3 Å². The minimum atomic E-state index is -0.508. The molecule has 0 saturated heterocycles. The van der Waals surface area contributed by atoms with E-state index in [1.165, 1.54) is 0 Å². The lowest BCUT2D eigenvalue weighted by Gasteiger charge is -2.14. The third-order valence-electron chi connectivity index (χ3n) is 3.19. The molecule has 1 amide bonds. The number of thioether (sulfide) groups is 1. The molecule has 3 nitrogen and oxygen atoms in total. The summed E-state index contributed by atoms with van der Waals surface area (Å²) in [5, 5.41) is 3.67. The number of hydrogen-bond acceptors (Lipinski definition) is 3. The van der Waals surface area contributed by atoms with E-state index >= 15 is 0 Å². The number of para-hydroxylation sites is 1. The van der Waals surface area contributed by atoms with E-state index in [4.69, 9.17) is 16.3 Å². The molecular formula is C18H20ClNO2S. The first-order valence-electron chi connectivity index (χ1n) is 7.47. The summed E-state index contributed by atoms with van der Waals surface area (Å²) in [6, 6.07) is 17.2. The number of halogens is 1. The molecule has 0 bridgehead atoms. The Morgan fingerprint density at radius 3 is 2.61 bits per heavy atom. The van der Waals surface area contributed by atoms with Crippen molar-refractivity contribution in [3.05, 3.63) is 65.2 Å². The largest absolute Gasteiger partial charge is 0.481 e. The second kappa shape index (κ2) is 9.48. The van der Waals surface area contributed by atoms with Crippen LogP contribution in [0, 0.1) is 0 Å². The fourth-order valence-electron chi connectivity index (χ4n) is 1.94. The molecule has 0 saturated carbocycles. The molecule has 5 heteroatoms. The molecule has 0 aliphatic rings. The smallest absolute Gasteiger partial charge is 0.260 e. The molecule has 2 aromatic rings. The van der Waals surface area contributed by atoms with E-state index in [-0.39, 0.29) is 5.91 Å². The minimum Gasteiger partial charge on any atom is -0.481 e. The maximum Gasteiger partial charge on any atom is 0.260 e. The molecule has 1 N–H and O–H groups in total. The molecule has 0 aliphatic heterocycles. The zero-order valence-corrected chi connectivity index (χ0v) is 14.6. The van der Waals surface area contributed by atoms with Gasteiger partial charge in [0, 0.05) is 23.1 Å². The van der Waals surface area contributed by atoms with Gasteiger partial charge in [0.25, 0.3) is 5.91 Å². The highest BCUT2D eigenvalue weighted by molar-refractivity contribution is 7.98. The third-order valence-corrected chi connectivity index (χ3v) is 4.56. The lowest BCUT2D eigenvalue weighted by molar-refractivity contribution is -0.127. The van der Waals surface area contributed by atoms with Crippen LogP contribution in [0.1, 0.15) is 12.5 Å². The van der Waals surface area contributed by atoms with Crippen molar-refractivity contribution in [3.63, 3.8) is 0 Å². The molecule has 0 fully saturated rings. The predicted octanol–water partition coefficient (Wildman–Crippen LogP) is 4.16. The normalized spacial score (nSPS) is 11.7. The molecule has 23 heavy (non-hydrogen) atoms. The van der Waals surface area contributed by atoms with Gasteiger partial charge in [0.05, 0.1) is 0 Å². The highest BCUT2D eigenvalue weighted by atomic mass is 35.5. The molecule has 2 aromatic carbocycles. The van der Waals surface area contributed by atoms with Crippen molar-refractivity contribution in [2.45, 2.75) is 18.8 Å². The van der Waals surface area contributed by atoms with E-state index in [0.717, 1.165) is 22.1 Å². The zero-order valence-electron chi connectivity index (χ0n) is 13.0. The summed E-state index contributed by atoms with van der Waals surface area (Å²) < 4.78 is 5.58. The van der Waals surface area contributed by atoms with Crippen molar-refractivity contribution in [1.29, 1.82) is 0 Å². The van der Waals surface area contributed by atoms with Crippen LogP contribution in [0.25, 0.3) is 0 Å². The van der Waals surface area contributed by atoms with E-state index in [2.05, 4.69) is 5.32 Å². The van der Waals surface area contributed by atoms with Crippen LogP contribution >= 0.6 is 23.4 Å². The van der Waals surface area contributed by atoms with Crippen molar-refractivity contribution in [3.8, 4) is 5.75 Å². The van der Waals surface area contributed by atoms with Crippen molar-refractivity contribution in [2.24, 2.45) is 0 Å². The summed E-state index contributed by atoms with van der Waals surface area (Å²) in [6.07, 6.45) is -0.508. The van der Waals surface area contributed by atoms with E-state index in [0.29, 0.717) is 12.3 Å². The minimum absolute atomic E-state index is 0.104. The van der Waals surface area contributed by atoms with E-state index < -0.39 is 6.10 Å². The molecule has 0 aromatic heterocycles. The van der Waals surface area contributed by atoms with Gasteiger partial charge in [0.2, 0.25) is 0 Å². The molecule has 0 aliphatic carbocycles. The lowest BCUT2D eigenvalue weighted by Crippen LogP contribution is -2.37. The van der Waals surface area contributed by atoms with Gasteiger partial charge in [-0.1, -0.05) is 48.0 Å². The maximum atomic E-state index is 12.0. The van der Waals surface area contributed by atoms with Gasteiger partial charge in [0.15, 0.2) is 6.10 Å². The summed E-state index contributed by atoms with van der Waals surface area (Å²) in [5.41, 5.74) is 1.12. The molecular weight excluding hydrogens is 330 g/mol. The van der Waals surface area contributed by atoms with Crippen LogP contribution in [-0.4, -0.2) is 24.3 Å². The SMILES string of the molecule is CC(Oc1ccccc1)C(=O)NCCSCc1ccccc1Cl. The van der Waals surface area contributed by atoms with Crippen LogP contribution in [0.4, 0.5) is 0 Å². The van der Waals surface area contributed by atoms with Crippen LogP contribution in [0.2, 0.25) is 5.02 Å². The second-order valence-corrected chi connectivity index (χ2v) is 6.52. The molecule has 1 unspecified atom stereocenters. The van der Waals surface area contributed by atoms with Crippen LogP contribution in [-0.2, 0) is 10.5 Å². The Bertz CT molecular complexity index is 621. The summed E-state index contributed by atoms with van der Waals surface area (Å²) >= 11 is 7.84. The first kappa shape index (κ1) is 17.7. The first-order valence-corrected chi connectivity index (χ1v) is 9.00. The van der Waals surface area contributed by atoms with Gasteiger partial charge in [-0.2, -0.15) is 11.8 Å². The summed E-state index contributed by atoms with van der Waals surface area (Å²) in [5.74, 6) is 2.26. The monoisotopic (exact) mass is 349 g/mol. The number of benzene rings is 2. The van der Waals surface area contributed by atoms with Crippen LogP contribution in [0.3, 0.4) is 0 Å². The number of amides is 1. The summed E-state index contributed by atoms with van der Waals surface area (Å²) in [4.78, 5) is 12.0. The fraction of sp³-hybridized carbons (Fsp3) is 0.278. The Hall–Kier alpha value is -1.65. The van der Waals surface area contributed by atoms with E-state index in [1.54, 1.807) is 18.7 Å². The van der Waals surface area contributed by atoms with Gasteiger partial charge in [-0.25, -0.2) is 0 Å². The Balaban J connectivity index is 1.64. The standard InChI is InChI=1S/C18H20ClNO2S/c1-14(22-16-8-3-2-4-9-16)18(21)20-11-12-23-13-15-7-5-6-10-17(15)19/h2-10,14H,11-13H2,1H3,(H,20,21). The average molecular weight is 350 g/mol. The Labute approximate surface area is 146 Å². The number of rotatable bonds is 8. The number of ether oxygens (including phenoxy) is 1. The highest BCUT2D eigenvalue weighted by Crippen LogP contribution is 2.20. The Kier molecular flexibility index (Phi) is 7.30. The molecule has 0 heterocycles.